The molecule has 1 aliphatic rings. The van der Waals surface area contributed by atoms with Gasteiger partial charge in [0, 0.05) is 38.2 Å². The van der Waals surface area contributed by atoms with E-state index in [4.69, 9.17) is 4.74 Å². The normalized spacial score (nSPS) is 19.3. The summed E-state index contributed by atoms with van der Waals surface area (Å²) in [7, 11) is 1.61. The third-order valence-corrected chi connectivity index (χ3v) is 4.80. The average Bonchev–Trinajstić information content (AvgIpc) is 3.14. The first-order chi connectivity index (χ1) is 12.7. The van der Waals surface area contributed by atoms with Crippen molar-refractivity contribution < 1.29 is 14.3 Å². The van der Waals surface area contributed by atoms with E-state index >= 15 is 0 Å². The fourth-order valence-electron chi connectivity index (χ4n) is 3.44. The molecule has 0 aromatic heterocycles. The predicted molar refractivity (Wildman–Crippen MR) is 99.9 cm³/mol. The number of hydrogen-bond acceptors (Lipinski definition) is 3. The minimum Gasteiger partial charge on any atom is -0.383 e. The Bertz CT molecular complexity index is 733. The first kappa shape index (κ1) is 18.1. The van der Waals surface area contributed by atoms with Gasteiger partial charge in [0.15, 0.2) is 0 Å². The molecule has 1 fully saturated rings. The van der Waals surface area contributed by atoms with Crippen molar-refractivity contribution in [3.8, 4) is 0 Å². The summed E-state index contributed by atoms with van der Waals surface area (Å²) in [5.74, 6) is -0.327. The Hall–Kier alpha value is -2.66. The third kappa shape index (κ3) is 4.11. The molecule has 1 saturated heterocycles. The topological polar surface area (TPSA) is 58.6 Å². The molecule has 0 saturated carbocycles. The summed E-state index contributed by atoms with van der Waals surface area (Å²) in [4.78, 5) is 27.3. The Labute approximate surface area is 154 Å². The Morgan fingerprint density at radius 3 is 2.35 bits per heavy atom. The zero-order chi connectivity index (χ0) is 18.4. The number of amides is 2. The van der Waals surface area contributed by atoms with Gasteiger partial charge in [-0.15, -0.1) is 0 Å². The third-order valence-electron chi connectivity index (χ3n) is 4.80. The highest BCUT2D eigenvalue weighted by Crippen LogP contribution is 2.33. The second kappa shape index (κ2) is 8.63. The minimum absolute atomic E-state index is 0.00796. The maximum atomic E-state index is 12.8. The Kier molecular flexibility index (Phi) is 6.02. The van der Waals surface area contributed by atoms with Crippen molar-refractivity contribution in [3.05, 3.63) is 71.8 Å². The van der Waals surface area contributed by atoms with Crippen LogP contribution in [0.2, 0.25) is 0 Å². The van der Waals surface area contributed by atoms with Gasteiger partial charge in [-0.25, -0.2) is 0 Å². The lowest BCUT2D eigenvalue weighted by Gasteiger charge is -2.18. The van der Waals surface area contributed by atoms with Crippen molar-refractivity contribution in [1.82, 2.24) is 10.2 Å². The zero-order valence-electron chi connectivity index (χ0n) is 14.9. The number of hydrogen-bond donors (Lipinski definition) is 1. The largest absolute Gasteiger partial charge is 0.383 e. The first-order valence-electron chi connectivity index (χ1n) is 8.86. The average molecular weight is 352 g/mol. The second-order valence-corrected chi connectivity index (χ2v) is 6.48. The number of methoxy groups -OCH3 is 1. The van der Waals surface area contributed by atoms with Crippen molar-refractivity contribution in [1.29, 1.82) is 0 Å². The number of nitrogens with one attached hydrogen (secondary N) is 1. The molecule has 2 atom stereocenters. The van der Waals surface area contributed by atoms with Crippen molar-refractivity contribution in [2.24, 2.45) is 5.92 Å². The summed E-state index contributed by atoms with van der Waals surface area (Å²) in [5.41, 5.74) is 1.74. The Balaban J connectivity index is 1.79. The summed E-state index contributed by atoms with van der Waals surface area (Å²) in [6.45, 7) is 1.91. The minimum atomic E-state index is -0.262. The molecule has 5 nitrogen and oxygen atoms in total. The highest BCUT2D eigenvalue weighted by molar-refractivity contribution is 5.95. The van der Waals surface area contributed by atoms with E-state index in [0.717, 1.165) is 5.56 Å². The van der Waals surface area contributed by atoms with E-state index in [-0.39, 0.29) is 23.7 Å². The maximum absolute atomic E-state index is 12.8. The number of ether oxygens (including phenoxy) is 1. The lowest BCUT2D eigenvalue weighted by Crippen LogP contribution is -2.37. The Morgan fingerprint density at radius 1 is 1.04 bits per heavy atom. The van der Waals surface area contributed by atoms with E-state index in [1.165, 1.54) is 0 Å². The van der Waals surface area contributed by atoms with Crippen LogP contribution in [0, 0.1) is 5.92 Å². The van der Waals surface area contributed by atoms with Crippen molar-refractivity contribution in [3.63, 3.8) is 0 Å². The van der Waals surface area contributed by atoms with Gasteiger partial charge >= 0.3 is 0 Å². The molecule has 1 aliphatic heterocycles. The van der Waals surface area contributed by atoms with Crippen LogP contribution in [0.4, 0.5) is 0 Å². The fourth-order valence-corrected chi connectivity index (χ4v) is 3.44. The van der Waals surface area contributed by atoms with Gasteiger partial charge in [0.25, 0.3) is 5.91 Å². The fraction of sp³-hybridized carbons (Fsp3) is 0.333. The summed E-state index contributed by atoms with van der Waals surface area (Å²) in [6.07, 6.45) is 0. The molecule has 5 heteroatoms. The molecule has 2 aromatic rings. The van der Waals surface area contributed by atoms with E-state index in [9.17, 15) is 9.59 Å². The highest BCUT2D eigenvalue weighted by Gasteiger charge is 2.40. The first-order valence-corrected chi connectivity index (χ1v) is 8.86. The molecule has 0 radical (unpaired) electrons. The van der Waals surface area contributed by atoms with E-state index in [2.05, 4.69) is 5.32 Å². The summed E-state index contributed by atoms with van der Waals surface area (Å²) in [5, 5.41) is 2.92. The molecule has 1 N–H and O–H groups in total. The zero-order valence-corrected chi connectivity index (χ0v) is 14.9. The molecule has 0 aliphatic carbocycles. The van der Waals surface area contributed by atoms with Crippen LogP contribution in [0.25, 0.3) is 0 Å². The smallest absolute Gasteiger partial charge is 0.253 e. The lowest BCUT2D eigenvalue weighted by molar-refractivity contribution is -0.125. The van der Waals surface area contributed by atoms with Gasteiger partial charge in [-0.1, -0.05) is 48.5 Å². The van der Waals surface area contributed by atoms with E-state index in [0.29, 0.717) is 31.8 Å². The molecule has 26 heavy (non-hydrogen) atoms. The van der Waals surface area contributed by atoms with Gasteiger partial charge in [0.05, 0.1) is 12.5 Å². The number of carbonyl (C=O) groups is 2. The second-order valence-electron chi connectivity index (χ2n) is 6.48. The van der Waals surface area contributed by atoms with Crippen LogP contribution in [-0.4, -0.2) is 50.1 Å². The van der Waals surface area contributed by atoms with Crippen LogP contribution in [-0.2, 0) is 9.53 Å². The van der Waals surface area contributed by atoms with Crippen LogP contribution in [0.15, 0.2) is 60.7 Å². The molecule has 3 rings (SSSR count). The van der Waals surface area contributed by atoms with E-state index in [1.54, 1.807) is 12.0 Å². The van der Waals surface area contributed by atoms with Gasteiger partial charge in [0.2, 0.25) is 5.91 Å². The molecule has 2 aromatic carbocycles. The summed E-state index contributed by atoms with van der Waals surface area (Å²) < 4.78 is 5.00. The molecular formula is C21H24N2O3. The molecule has 2 unspecified atom stereocenters. The van der Waals surface area contributed by atoms with Crippen LogP contribution >= 0.6 is 0 Å². The quantitative estimate of drug-likeness (QED) is 0.812. The lowest BCUT2D eigenvalue weighted by atomic mass is 9.88. The maximum Gasteiger partial charge on any atom is 0.253 e. The van der Waals surface area contributed by atoms with Crippen LogP contribution in [0.1, 0.15) is 21.8 Å². The van der Waals surface area contributed by atoms with Crippen molar-refractivity contribution >= 4 is 11.8 Å². The SMILES string of the molecule is COCCNC(=O)C1CN(C(=O)c2ccccc2)CC1c1ccccc1. The van der Waals surface area contributed by atoms with E-state index in [1.807, 2.05) is 60.7 Å². The van der Waals surface area contributed by atoms with Gasteiger partial charge in [-0.2, -0.15) is 0 Å². The Morgan fingerprint density at radius 2 is 1.69 bits per heavy atom. The summed E-state index contributed by atoms with van der Waals surface area (Å²) in [6, 6.07) is 19.2. The van der Waals surface area contributed by atoms with Crippen LogP contribution < -0.4 is 5.32 Å². The summed E-state index contributed by atoms with van der Waals surface area (Å²) >= 11 is 0. The molecule has 0 spiro atoms. The van der Waals surface area contributed by atoms with Crippen molar-refractivity contribution in [2.75, 3.05) is 33.4 Å². The number of carbonyl (C=O) groups excluding carboxylic acids is 2. The van der Waals surface area contributed by atoms with E-state index < -0.39 is 0 Å². The molecular weight excluding hydrogens is 328 g/mol. The van der Waals surface area contributed by atoms with Crippen LogP contribution in [0.3, 0.4) is 0 Å². The molecule has 0 bridgehead atoms. The van der Waals surface area contributed by atoms with Gasteiger partial charge in [-0.3, -0.25) is 9.59 Å². The van der Waals surface area contributed by atoms with Gasteiger partial charge < -0.3 is 15.0 Å². The molecule has 136 valence electrons. The molecule has 1 heterocycles. The molecule has 2 amide bonds. The number of nitrogens with zero attached hydrogens (tertiary/aromatic N) is 1. The number of likely N-dealkylation sites (tertiary alicyclic amines) is 1. The standard InChI is InChI=1S/C21H24N2O3/c1-26-13-12-22-20(24)19-15-23(21(25)17-10-6-3-7-11-17)14-18(19)16-8-4-2-5-9-16/h2-11,18-19H,12-15H2,1H3,(H,22,24). The number of benzene rings is 2. The van der Waals surface area contributed by atoms with Crippen molar-refractivity contribution in [2.45, 2.75) is 5.92 Å². The number of rotatable bonds is 6. The highest BCUT2D eigenvalue weighted by atomic mass is 16.5. The van der Waals surface area contributed by atoms with Gasteiger partial charge in [0.1, 0.15) is 0 Å². The predicted octanol–water partition coefficient (Wildman–Crippen LogP) is 2.31. The monoisotopic (exact) mass is 352 g/mol. The van der Waals surface area contributed by atoms with Crippen LogP contribution in [0.5, 0.6) is 0 Å². The van der Waals surface area contributed by atoms with Gasteiger partial charge in [-0.05, 0) is 17.7 Å².